The minimum atomic E-state index is -4.84. The molecular weight excluding hydrogens is 497 g/mol. The van der Waals surface area contributed by atoms with Crippen molar-refractivity contribution < 1.29 is 26.1 Å². The first-order chi connectivity index (χ1) is 16.5. The van der Waals surface area contributed by atoms with Crippen molar-refractivity contribution in [2.24, 2.45) is 20.2 Å². The van der Waals surface area contributed by atoms with E-state index in [4.69, 9.17) is 14.8 Å². The molecule has 0 saturated heterocycles. The fourth-order valence-corrected chi connectivity index (χ4v) is 5.02. The standard InChI is InChI=1S/C16H30N6.C7H5F3O3S/c1-7-15(17-9-10-18-15)13(3,4)21-22-14(5,6)16(8-2)19-11-12-20-16;8-7(9,10)5-3-1-2-4-6(5)14(11,12)13/h9,11,18,20H,7-8,10,12H2,1-6H3;1-4H,(H,11,12,13). The highest BCUT2D eigenvalue weighted by atomic mass is 32.2. The van der Waals surface area contributed by atoms with Crippen molar-refractivity contribution in [1.29, 1.82) is 0 Å². The Bertz CT molecular complexity index is 1070. The van der Waals surface area contributed by atoms with E-state index in [-0.39, 0.29) is 11.3 Å². The third kappa shape index (κ3) is 6.18. The zero-order valence-corrected chi connectivity index (χ0v) is 22.2. The van der Waals surface area contributed by atoms with E-state index >= 15 is 0 Å². The van der Waals surface area contributed by atoms with Gasteiger partial charge in [-0.05, 0) is 52.7 Å². The van der Waals surface area contributed by atoms with Gasteiger partial charge in [0.15, 0.2) is 0 Å². The fourth-order valence-electron chi connectivity index (χ4n) is 4.31. The molecule has 0 fully saturated rings. The van der Waals surface area contributed by atoms with Gasteiger partial charge in [-0.15, -0.1) is 0 Å². The number of nitrogens with one attached hydrogen (secondary N) is 2. The summed E-state index contributed by atoms with van der Waals surface area (Å²) in [5.41, 5.74) is -2.93. The van der Waals surface area contributed by atoms with Crippen LogP contribution >= 0.6 is 0 Å². The van der Waals surface area contributed by atoms with Crippen molar-refractivity contribution in [3.05, 3.63) is 29.8 Å². The molecule has 2 aliphatic heterocycles. The summed E-state index contributed by atoms with van der Waals surface area (Å²) in [5.74, 6) is 0. The number of aliphatic imine (C=N–C) groups is 2. The van der Waals surface area contributed by atoms with Gasteiger partial charge >= 0.3 is 6.18 Å². The SMILES string of the molecule is CCC1(C(C)(C)N=NC(C)(C)C2(CC)N=CCN2)N=CCN1.O=S(=O)(O)c1ccccc1C(F)(F)F. The first kappa shape index (κ1) is 30.0. The lowest BCUT2D eigenvalue weighted by Crippen LogP contribution is -2.57. The fraction of sp³-hybridized carbons (Fsp3) is 0.652. The summed E-state index contributed by atoms with van der Waals surface area (Å²) in [5, 5.41) is 16.4. The lowest BCUT2D eigenvalue weighted by atomic mass is 9.85. The van der Waals surface area contributed by atoms with Crippen LogP contribution in [0.1, 0.15) is 59.9 Å². The highest BCUT2D eigenvalue weighted by molar-refractivity contribution is 7.85. The molecular formula is C23H35F3N6O3S. The van der Waals surface area contributed by atoms with E-state index in [9.17, 15) is 21.6 Å². The van der Waals surface area contributed by atoms with E-state index in [1.807, 2.05) is 12.4 Å². The van der Waals surface area contributed by atoms with E-state index < -0.39 is 37.8 Å². The molecule has 2 atom stereocenters. The molecule has 13 heteroatoms. The molecule has 202 valence electrons. The molecule has 0 amide bonds. The molecule has 0 bridgehead atoms. The Hall–Kier alpha value is -2.22. The normalized spacial score (nSPS) is 24.8. The summed E-state index contributed by atoms with van der Waals surface area (Å²) in [7, 11) is -4.84. The Kier molecular flexibility index (Phi) is 8.87. The van der Waals surface area contributed by atoms with E-state index in [1.165, 1.54) is 0 Å². The molecule has 0 aromatic heterocycles. The predicted molar refractivity (Wildman–Crippen MR) is 133 cm³/mol. The molecule has 36 heavy (non-hydrogen) atoms. The van der Waals surface area contributed by atoms with Crippen LogP contribution in [0.3, 0.4) is 0 Å². The van der Waals surface area contributed by atoms with E-state index in [2.05, 4.69) is 62.2 Å². The maximum Gasteiger partial charge on any atom is 0.417 e. The summed E-state index contributed by atoms with van der Waals surface area (Å²) >= 11 is 0. The van der Waals surface area contributed by atoms with Gasteiger partial charge in [-0.3, -0.25) is 25.2 Å². The maximum absolute atomic E-state index is 12.2. The first-order valence-electron chi connectivity index (χ1n) is 11.6. The zero-order valence-electron chi connectivity index (χ0n) is 21.4. The number of halogens is 3. The van der Waals surface area contributed by atoms with Crippen molar-refractivity contribution in [2.75, 3.05) is 13.1 Å². The van der Waals surface area contributed by atoms with Gasteiger partial charge in [0.05, 0.1) is 5.56 Å². The van der Waals surface area contributed by atoms with Gasteiger partial charge in [-0.2, -0.15) is 31.8 Å². The monoisotopic (exact) mass is 532 g/mol. The molecule has 2 unspecified atom stereocenters. The van der Waals surface area contributed by atoms with Gasteiger partial charge in [0.2, 0.25) is 0 Å². The van der Waals surface area contributed by atoms with Crippen LogP contribution in [-0.2, 0) is 16.3 Å². The van der Waals surface area contributed by atoms with E-state index in [0.29, 0.717) is 12.1 Å². The Morgan fingerprint density at radius 1 is 0.917 bits per heavy atom. The van der Waals surface area contributed by atoms with Crippen molar-refractivity contribution in [1.82, 2.24) is 10.6 Å². The first-order valence-corrected chi connectivity index (χ1v) is 13.1. The molecule has 2 aliphatic rings. The third-order valence-electron chi connectivity index (χ3n) is 6.66. The van der Waals surface area contributed by atoms with Crippen LogP contribution in [-0.4, -0.2) is 60.9 Å². The predicted octanol–water partition coefficient (Wildman–Crippen LogP) is 4.51. The second-order valence-corrected chi connectivity index (χ2v) is 11.0. The highest BCUT2D eigenvalue weighted by Crippen LogP contribution is 2.37. The van der Waals surface area contributed by atoms with Crippen LogP contribution in [0.15, 0.2) is 49.4 Å². The third-order valence-corrected chi connectivity index (χ3v) is 7.57. The molecule has 3 rings (SSSR count). The van der Waals surface area contributed by atoms with Gasteiger partial charge in [-0.25, -0.2) is 0 Å². The average molecular weight is 533 g/mol. The Labute approximate surface area is 210 Å². The van der Waals surface area contributed by atoms with Crippen molar-refractivity contribution in [3.63, 3.8) is 0 Å². The highest BCUT2D eigenvalue weighted by Gasteiger charge is 2.48. The molecule has 2 heterocycles. The summed E-state index contributed by atoms with van der Waals surface area (Å²) in [6.07, 6.45) is 0.827. The molecule has 0 radical (unpaired) electrons. The number of rotatable bonds is 7. The molecule has 1 aromatic carbocycles. The molecule has 0 aliphatic carbocycles. The summed E-state index contributed by atoms with van der Waals surface area (Å²) in [6, 6.07) is 3.41. The smallest absolute Gasteiger partial charge is 0.286 e. The number of azo groups is 1. The van der Waals surface area contributed by atoms with Crippen LogP contribution in [0.2, 0.25) is 0 Å². The van der Waals surface area contributed by atoms with Crippen molar-refractivity contribution in [3.8, 4) is 0 Å². The van der Waals surface area contributed by atoms with Gasteiger partial charge in [0.25, 0.3) is 10.1 Å². The summed E-state index contributed by atoms with van der Waals surface area (Å²) < 4.78 is 66.2. The number of nitrogens with zero attached hydrogens (tertiary/aromatic N) is 4. The van der Waals surface area contributed by atoms with Crippen LogP contribution in [0.4, 0.5) is 13.2 Å². The van der Waals surface area contributed by atoms with Gasteiger partial charge < -0.3 is 0 Å². The zero-order chi connectivity index (χ0) is 27.5. The molecule has 3 N–H and O–H groups in total. The Morgan fingerprint density at radius 3 is 1.61 bits per heavy atom. The van der Waals surface area contributed by atoms with Gasteiger partial charge in [0, 0.05) is 25.5 Å². The Morgan fingerprint density at radius 2 is 1.33 bits per heavy atom. The van der Waals surface area contributed by atoms with Crippen molar-refractivity contribution in [2.45, 2.75) is 87.9 Å². The lowest BCUT2D eigenvalue weighted by Gasteiger charge is -2.41. The number of hydrogen-bond donors (Lipinski definition) is 3. The minimum absolute atomic E-state index is 0.363. The second-order valence-electron chi connectivity index (χ2n) is 9.60. The van der Waals surface area contributed by atoms with Crippen LogP contribution in [0.5, 0.6) is 0 Å². The molecule has 9 nitrogen and oxygen atoms in total. The second kappa shape index (κ2) is 10.6. The minimum Gasteiger partial charge on any atom is -0.286 e. The average Bonchev–Trinajstić information content (AvgIpc) is 3.49. The molecule has 1 aromatic rings. The van der Waals surface area contributed by atoms with E-state index in [1.54, 1.807) is 0 Å². The topological polar surface area (TPSA) is 128 Å². The lowest BCUT2D eigenvalue weighted by molar-refractivity contribution is -0.140. The number of benzene rings is 1. The summed E-state index contributed by atoms with van der Waals surface area (Å²) in [4.78, 5) is 8.18. The van der Waals surface area contributed by atoms with Gasteiger partial charge in [-0.1, -0.05) is 26.0 Å². The van der Waals surface area contributed by atoms with Crippen LogP contribution < -0.4 is 10.6 Å². The quantitative estimate of drug-likeness (QED) is 0.352. The number of alkyl halides is 3. The molecule has 0 saturated carbocycles. The summed E-state index contributed by atoms with van der Waals surface area (Å²) in [6.45, 7) is 14.2. The van der Waals surface area contributed by atoms with Crippen LogP contribution in [0.25, 0.3) is 0 Å². The van der Waals surface area contributed by atoms with Crippen molar-refractivity contribution >= 4 is 22.5 Å². The van der Waals surface area contributed by atoms with Crippen LogP contribution in [0, 0.1) is 0 Å². The Balaban J connectivity index is 0.000000281. The largest absolute Gasteiger partial charge is 0.417 e. The number of hydrogen-bond acceptors (Lipinski definition) is 8. The van der Waals surface area contributed by atoms with E-state index in [0.717, 1.165) is 38.1 Å². The maximum atomic E-state index is 12.2. The van der Waals surface area contributed by atoms with Gasteiger partial charge in [0.1, 0.15) is 27.3 Å². The molecule has 0 spiro atoms.